The highest BCUT2D eigenvalue weighted by atomic mass is 16.7. The minimum Gasteiger partial charge on any atom is -0.496 e. The number of anilines is 2. The van der Waals surface area contributed by atoms with Crippen molar-refractivity contribution >= 4 is 11.8 Å². The van der Waals surface area contributed by atoms with Gasteiger partial charge >= 0.3 is 0 Å². The first-order chi connectivity index (χ1) is 21.6. The van der Waals surface area contributed by atoms with Gasteiger partial charge in [0.25, 0.3) is 0 Å². The highest BCUT2D eigenvalue weighted by Crippen LogP contribution is 2.60. The van der Waals surface area contributed by atoms with Gasteiger partial charge in [0.1, 0.15) is 23.2 Å². The minimum absolute atomic E-state index is 0.162. The van der Waals surface area contributed by atoms with E-state index in [1.165, 1.54) is 32.1 Å². The van der Waals surface area contributed by atoms with E-state index in [1.807, 2.05) is 42.5 Å². The zero-order valence-corrected chi connectivity index (χ0v) is 25.4. The number of hydrogen-bond donors (Lipinski definition) is 3. The number of para-hydroxylation sites is 1. The van der Waals surface area contributed by atoms with E-state index in [9.17, 15) is 5.26 Å². The van der Waals surface area contributed by atoms with Crippen molar-refractivity contribution in [1.82, 2.24) is 15.3 Å². The van der Waals surface area contributed by atoms with Crippen LogP contribution in [0.25, 0.3) is 0 Å². The van der Waals surface area contributed by atoms with Crippen molar-refractivity contribution in [2.75, 3.05) is 37.4 Å². The summed E-state index contributed by atoms with van der Waals surface area (Å²) in [5.74, 6) is 4.06. The molecule has 44 heavy (non-hydrogen) atoms. The fraction of sp³-hybridized carbons (Fsp3) is 0.514. The second-order valence-electron chi connectivity index (χ2n) is 13.2. The molecule has 4 saturated carbocycles. The number of aromatic nitrogens is 2. The average molecular weight is 595 g/mol. The standard InChI is InChI=1S/C35H42N6O3/c1-42-30-10-6-5-9-25(30)19-38-34-39-20-28(18-36)32(41-34)40-22-35-15-23-13-26(16-35)31(27(14-23)17-35)37-21-29-11-12-43-33(44-29)24-7-3-2-4-8-24/h2-10,20,23,26-27,29,31,33,37H,11-17,19,21-22H2,1H3,(H2,38,39,40,41)/t23?,26-,27+,29?,31?,33?,35?. The van der Waals surface area contributed by atoms with Gasteiger partial charge in [-0.05, 0) is 67.8 Å². The molecule has 1 saturated heterocycles. The third-order valence-corrected chi connectivity index (χ3v) is 10.2. The van der Waals surface area contributed by atoms with Crippen LogP contribution in [0.15, 0.2) is 60.8 Å². The summed E-state index contributed by atoms with van der Waals surface area (Å²) in [6, 6.07) is 21.0. The molecule has 4 aliphatic carbocycles. The first-order valence-electron chi connectivity index (χ1n) is 16.0. The number of benzene rings is 2. The molecule has 1 aliphatic heterocycles. The van der Waals surface area contributed by atoms with Crippen molar-refractivity contribution in [1.29, 1.82) is 5.26 Å². The SMILES string of the molecule is COc1ccccc1CNc1ncc(C#N)c(NCC23CC4C[C@H](C2)C(NCC2CCOC(c5ccccc5)O2)[C@@H](C4)C3)n1. The van der Waals surface area contributed by atoms with Crippen LogP contribution in [0.2, 0.25) is 0 Å². The molecule has 9 nitrogen and oxygen atoms in total. The molecule has 4 bridgehead atoms. The molecule has 8 rings (SSSR count). The molecule has 5 fully saturated rings. The van der Waals surface area contributed by atoms with Crippen LogP contribution in [-0.4, -0.2) is 48.9 Å². The van der Waals surface area contributed by atoms with Crippen LogP contribution < -0.4 is 20.7 Å². The lowest BCUT2D eigenvalue weighted by Gasteiger charge is -2.60. The summed E-state index contributed by atoms with van der Waals surface area (Å²) >= 11 is 0. The largest absolute Gasteiger partial charge is 0.496 e. The maximum Gasteiger partial charge on any atom is 0.224 e. The minimum atomic E-state index is -0.276. The molecule has 2 heterocycles. The molecule has 3 N–H and O–H groups in total. The lowest BCUT2D eigenvalue weighted by molar-refractivity contribution is -0.216. The van der Waals surface area contributed by atoms with E-state index < -0.39 is 0 Å². The van der Waals surface area contributed by atoms with E-state index in [2.05, 4.69) is 39.1 Å². The molecule has 9 heteroatoms. The van der Waals surface area contributed by atoms with Crippen molar-refractivity contribution in [3.63, 3.8) is 0 Å². The molecular weight excluding hydrogens is 552 g/mol. The lowest BCUT2D eigenvalue weighted by atomic mass is 9.48. The molecule has 0 radical (unpaired) electrons. The Balaban J connectivity index is 0.964. The molecule has 2 aromatic carbocycles. The summed E-state index contributed by atoms with van der Waals surface area (Å²) in [7, 11) is 1.67. The zero-order valence-electron chi connectivity index (χ0n) is 25.4. The Kier molecular flexibility index (Phi) is 8.39. The fourth-order valence-corrected chi connectivity index (χ4v) is 8.51. The summed E-state index contributed by atoms with van der Waals surface area (Å²) in [4.78, 5) is 9.12. The Bertz CT molecular complexity index is 1460. The van der Waals surface area contributed by atoms with Crippen LogP contribution in [0, 0.1) is 34.5 Å². The summed E-state index contributed by atoms with van der Waals surface area (Å²) in [6.45, 7) is 2.97. The average Bonchev–Trinajstić information content (AvgIpc) is 3.06. The van der Waals surface area contributed by atoms with Gasteiger partial charge in [-0.3, -0.25) is 0 Å². The van der Waals surface area contributed by atoms with Crippen molar-refractivity contribution < 1.29 is 14.2 Å². The van der Waals surface area contributed by atoms with E-state index in [0.29, 0.717) is 41.8 Å². The van der Waals surface area contributed by atoms with Crippen LogP contribution in [-0.2, 0) is 16.0 Å². The van der Waals surface area contributed by atoms with Crippen LogP contribution >= 0.6 is 0 Å². The van der Waals surface area contributed by atoms with Crippen LogP contribution in [0.3, 0.4) is 0 Å². The molecule has 5 unspecified atom stereocenters. The quantitative estimate of drug-likeness (QED) is 0.258. The second kappa shape index (κ2) is 12.7. The molecule has 0 amide bonds. The van der Waals surface area contributed by atoms with Crippen LogP contribution in [0.5, 0.6) is 5.75 Å². The molecular formula is C35H42N6O3. The number of nitrogens with one attached hydrogen (secondary N) is 3. The predicted octanol–water partition coefficient (Wildman–Crippen LogP) is 5.67. The molecule has 1 aromatic heterocycles. The molecule has 230 valence electrons. The zero-order chi connectivity index (χ0) is 29.9. The van der Waals surface area contributed by atoms with Gasteiger partial charge in [-0.25, -0.2) is 4.98 Å². The van der Waals surface area contributed by atoms with Crippen molar-refractivity contribution in [2.24, 2.45) is 23.2 Å². The van der Waals surface area contributed by atoms with E-state index >= 15 is 0 Å². The van der Waals surface area contributed by atoms with Gasteiger partial charge in [-0.2, -0.15) is 10.2 Å². The number of methoxy groups -OCH3 is 1. The van der Waals surface area contributed by atoms with Gasteiger partial charge in [-0.15, -0.1) is 0 Å². The van der Waals surface area contributed by atoms with Gasteiger partial charge in [0.05, 0.1) is 26.0 Å². The molecule has 3 aromatic rings. The summed E-state index contributed by atoms with van der Waals surface area (Å²) in [5.41, 5.74) is 2.82. The van der Waals surface area contributed by atoms with Crippen LogP contribution in [0.4, 0.5) is 11.8 Å². The lowest BCUT2D eigenvalue weighted by Crippen LogP contribution is -2.60. The van der Waals surface area contributed by atoms with Crippen molar-refractivity contribution in [3.05, 3.63) is 77.5 Å². The summed E-state index contributed by atoms with van der Waals surface area (Å²) in [6.07, 6.45) is 8.71. The van der Waals surface area contributed by atoms with E-state index in [-0.39, 0.29) is 17.8 Å². The Hall–Kier alpha value is -3.71. The van der Waals surface area contributed by atoms with Gasteiger partial charge in [-0.1, -0.05) is 48.5 Å². The number of hydrogen-bond acceptors (Lipinski definition) is 9. The van der Waals surface area contributed by atoms with E-state index in [4.69, 9.17) is 19.2 Å². The van der Waals surface area contributed by atoms with Gasteiger partial charge in [0, 0.05) is 36.8 Å². The van der Waals surface area contributed by atoms with E-state index in [1.54, 1.807) is 13.3 Å². The Morgan fingerprint density at radius 2 is 1.82 bits per heavy atom. The topological polar surface area (TPSA) is 113 Å². The van der Waals surface area contributed by atoms with Gasteiger partial charge in [0.15, 0.2) is 6.29 Å². The Morgan fingerprint density at radius 1 is 1.02 bits per heavy atom. The normalized spacial score (nSPS) is 30.5. The maximum atomic E-state index is 9.80. The predicted molar refractivity (Wildman–Crippen MR) is 168 cm³/mol. The van der Waals surface area contributed by atoms with Gasteiger partial charge in [0.2, 0.25) is 5.95 Å². The van der Waals surface area contributed by atoms with E-state index in [0.717, 1.165) is 48.9 Å². The summed E-state index contributed by atoms with van der Waals surface area (Å²) < 4.78 is 17.8. The number of nitriles is 1. The summed E-state index contributed by atoms with van der Waals surface area (Å²) in [5, 5.41) is 20.7. The van der Waals surface area contributed by atoms with Crippen LogP contribution in [0.1, 0.15) is 61.5 Å². The third-order valence-electron chi connectivity index (χ3n) is 10.2. The fourth-order valence-electron chi connectivity index (χ4n) is 8.51. The number of ether oxygens (including phenoxy) is 3. The highest BCUT2D eigenvalue weighted by molar-refractivity contribution is 5.53. The number of rotatable bonds is 11. The first kappa shape index (κ1) is 29.0. The second-order valence-corrected chi connectivity index (χ2v) is 13.2. The number of nitrogens with zero attached hydrogens (tertiary/aromatic N) is 3. The highest BCUT2D eigenvalue weighted by Gasteiger charge is 2.55. The first-order valence-corrected chi connectivity index (χ1v) is 16.0. The Morgan fingerprint density at radius 3 is 2.61 bits per heavy atom. The molecule has 5 aliphatic rings. The van der Waals surface area contributed by atoms with Crippen molar-refractivity contribution in [3.8, 4) is 11.8 Å². The van der Waals surface area contributed by atoms with Gasteiger partial charge < -0.3 is 30.2 Å². The Labute approximate surface area is 259 Å². The monoisotopic (exact) mass is 594 g/mol. The third kappa shape index (κ3) is 6.12. The molecule has 0 spiro atoms. The maximum absolute atomic E-state index is 9.80. The smallest absolute Gasteiger partial charge is 0.224 e. The van der Waals surface area contributed by atoms with Crippen molar-refractivity contribution in [2.45, 2.75) is 63.5 Å². The molecule has 7 atom stereocenters.